The van der Waals surface area contributed by atoms with Crippen molar-refractivity contribution in [1.29, 1.82) is 0 Å². The number of nitrogens with zero attached hydrogens (tertiary/aromatic N) is 3. The summed E-state index contributed by atoms with van der Waals surface area (Å²) in [4.78, 5) is 13.4. The second-order valence-corrected chi connectivity index (χ2v) is 6.63. The largest absolute Gasteiger partial charge is 0.356 e. The summed E-state index contributed by atoms with van der Waals surface area (Å²) in [5.74, 6) is 1.91. The van der Waals surface area contributed by atoms with Crippen LogP contribution in [-0.4, -0.2) is 29.3 Å². The lowest BCUT2D eigenvalue weighted by Gasteiger charge is -2.19. The smallest absolute Gasteiger partial charge is 0.163 e. The predicted octanol–water partition coefficient (Wildman–Crippen LogP) is 4.62. The molecule has 3 nitrogen and oxygen atoms in total. The van der Waals surface area contributed by atoms with E-state index >= 15 is 0 Å². The van der Waals surface area contributed by atoms with Crippen LogP contribution in [0, 0.1) is 0 Å². The summed E-state index contributed by atoms with van der Waals surface area (Å²) in [5, 5.41) is 1.15. The third kappa shape index (κ3) is 2.68. The van der Waals surface area contributed by atoms with Crippen LogP contribution in [-0.2, 0) is 0 Å². The van der Waals surface area contributed by atoms with Crippen molar-refractivity contribution in [2.75, 3.05) is 24.2 Å². The van der Waals surface area contributed by atoms with Crippen molar-refractivity contribution in [3.05, 3.63) is 48.5 Å². The molecule has 2 heterocycles. The summed E-state index contributed by atoms with van der Waals surface area (Å²) < 4.78 is 0. The second kappa shape index (κ2) is 6.20. The van der Waals surface area contributed by atoms with Gasteiger partial charge >= 0.3 is 0 Å². The van der Waals surface area contributed by atoms with Gasteiger partial charge in [0.1, 0.15) is 5.82 Å². The Morgan fingerprint density at radius 2 is 1.65 bits per heavy atom. The van der Waals surface area contributed by atoms with Crippen molar-refractivity contribution in [2.24, 2.45) is 0 Å². The van der Waals surface area contributed by atoms with E-state index in [2.05, 4.69) is 53.6 Å². The van der Waals surface area contributed by atoms with Crippen molar-refractivity contribution >= 4 is 28.5 Å². The average Bonchev–Trinajstić information content (AvgIpc) is 3.15. The van der Waals surface area contributed by atoms with Crippen LogP contribution < -0.4 is 4.90 Å². The fraction of sp³-hybridized carbons (Fsp3) is 0.263. The van der Waals surface area contributed by atoms with Crippen LogP contribution in [0.25, 0.3) is 22.3 Å². The van der Waals surface area contributed by atoms with E-state index < -0.39 is 0 Å². The van der Waals surface area contributed by atoms with Gasteiger partial charge in [-0.2, -0.15) is 0 Å². The standard InChI is InChI=1S/C19H19N3S/c1-23-17-11-5-3-9-15(17)18-20-16-10-4-2-8-14(16)19(21-18)22-12-6-7-13-22/h2-5,8-11H,6-7,12-13H2,1H3. The van der Waals surface area contributed by atoms with Gasteiger partial charge in [0.15, 0.2) is 5.82 Å². The van der Waals surface area contributed by atoms with Crippen LogP contribution in [0.2, 0.25) is 0 Å². The number of thioether (sulfide) groups is 1. The quantitative estimate of drug-likeness (QED) is 0.658. The highest BCUT2D eigenvalue weighted by Gasteiger charge is 2.19. The van der Waals surface area contributed by atoms with E-state index in [1.165, 1.54) is 17.7 Å². The summed E-state index contributed by atoms with van der Waals surface area (Å²) in [5.41, 5.74) is 2.14. The minimum absolute atomic E-state index is 0.829. The molecule has 2 aromatic carbocycles. The first-order valence-electron chi connectivity index (χ1n) is 8.02. The second-order valence-electron chi connectivity index (χ2n) is 5.78. The van der Waals surface area contributed by atoms with Crippen LogP contribution in [0.4, 0.5) is 5.82 Å². The van der Waals surface area contributed by atoms with E-state index in [1.807, 2.05) is 6.07 Å². The molecular weight excluding hydrogens is 302 g/mol. The Labute approximate surface area is 140 Å². The van der Waals surface area contributed by atoms with Crippen molar-refractivity contribution in [1.82, 2.24) is 9.97 Å². The molecular formula is C19H19N3S. The van der Waals surface area contributed by atoms with Gasteiger partial charge in [0, 0.05) is 28.9 Å². The lowest BCUT2D eigenvalue weighted by Crippen LogP contribution is -2.20. The molecule has 0 atom stereocenters. The molecule has 1 aliphatic rings. The maximum absolute atomic E-state index is 4.96. The SMILES string of the molecule is CSc1ccccc1-c1nc(N2CCCC2)c2ccccc2n1. The number of para-hydroxylation sites is 1. The van der Waals surface area contributed by atoms with E-state index in [0.717, 1.165) is 41.2 Å². The third-order valence-electron chi connectivity index (χ3n) is 4.34. The fourth-order valence-electron chi connectivity index (χ4n) is 3.18. The molecule has 0 spiro atoms. The lowest BCUT2D eigenvalue weighted by molar-refractivity contribution is 0.941. The molecule has 1 saturated heterocycles. The van der Waals surface area contributed by atoms with Gasteiger partial charge in [0.05, 0.1) is 5.52 Å². The van der Waals surface area contributed by atoms with Gasteiger partial charge in [-0.25, -0.2) is 9.97 Å². The molecule has 0 aliphatic carbocycles. The van der Waals surface area contributed by atoms with Gasteiger partial charge in [-0.05, 0) is 37.3 Å². The molecule has 23 heavy (non-hydrogen) atoms. The van der Waals surface area contributed by atoms with E-state index in [-0.39, 0.29) is 0 Å². The maximum Gasteiger partial charge on any atom is 0.163 e. The highest BCUT2D eigenvalue weighted by atomic mass is 32.2. The summed E-state index contributed by atoms with van der Waals surface area (Å²) >= 11 is 1.74. The Balaban J connectivity index is 1.94. The van der Waals surface area contributed by atoms with Crippen molar-refractivity contribution in [3.8, 4) is 11.4 Å². The molecule has 4 heteroatoms. The van der Waals surface area contributed by atoms with Gasteiger partial charge in [-0.3, -0.25) is 0 Å². The Bertz CT molecular complexity index is 841. The number of hydrogen-bond donors (Lipinski definition) is 0. The highest BCUT2D eigenvalue weighted by Crippen LogP contribution is 2.33. The van der Waals surface area contributed by atoms with E-state index in [0.29, 0.717) is 0 Å². The average molecular weight is 321 g/mol. The van der Waals surface area contributed by atoms with Gasteiger partial charge in [-0.15, -0.1) is 11.8 Å². The molecule has 1 fully saturated rings. The molecule has 3 aromatic rings. The predicted molar refractivity (Wildman–Crippen MR) is 98.2 cm³/mol. The number of aromatic nitrogens is 2. The topological polar surface area (TPSA) is 29.0 Å². The van der Waals surface area contributed by atoms with E-state index in [9.17, 15) is 0 Å². The molecule has 4 rings (SSSR count). The Hall–Kier alpha value is -2.07. The number of rotatable bonds is 3. The first-order valence-corrected chi connectivity index (χ1v) is 9.24. The molecule has 0 N–H and O–H groups in total. The molecule has 1 aromatic heterocycles. The van der Waals surface area contributed by atoms with Crippen LogP contribution in [0.5, 0.6) is 0 Å². The van der Waals surface area contributed by atoms with Crippen LogP contribution in [0.1, 0.15) is 12.8 Å². The number of fused-ring (bicyclic) bond motifs is 1. The monoisotopic (exact) mass is 321 g/mol. The van der Waals surface area contributed by atoms with Crippen LogP contribution in [0.3, 0.4) is 0 Å². The summed E-state index contributed by atoms with van der Waals surface area (Å²) in [6.45, 7) is 2.18. The van der Waals surface area contributed by atoms with Crippen molar-refractivity contribution < 1.29 is 0 Å². The van der Waals surface area contributed by atoms with Crippen LogP contribution >= 0.6 is 11.8 Å². The van der Waals surface area contributed by atoms with E-state index in [4.69, 9.17) is 9.97 Å². The Morgan fingerprint density at radius 1 is 0.913 bits per heavy atom. The summed E-state index contributed by atoms with van der Waals surface area (Å²) in [6.07, 6.45) is 4.59. The van der Waals surface area contributed by atoms with Crippen LogP contribution in [0.15, 0.2) is 53.4 Å². The molecule has 0 saturated carbocycles. The Morgan fingerprint density at radius 3 is 2.48 bits per heavy atom. The fourth-order valence-corrected chi connectivity index (χ4v) is 3.77. The van der Waals surface area contributed by atoms with Gasteiger partial charge < -0.3 is 4.90 Å². The van der Waals surface area contributed by atoms with Gasteiger partial charge in [-0.1, -0.05) is 30.3 Å². The number of hydrogen-bond acceptors (Lipinski definition) is 4. The summed E-state index contributed by atoms with van der Waals surface area (Å²) in [7, 11) is 0. The van der Waals surface area contributed by atoms with Gasteiger partial charge in [0.25, 0.3) is 0 Å². The molecule has 0 radical (unpaired) electrons. The number of benzene rings is 2. The number of anilines is 1. The highest BCUT2D eigenvalue weighted by molar-refractivity contribution is 7.98. The normalized spacial score (nSPS) is 14.6. The van der Waals surface area contributed by atoms with Crippen molar-refractivity contribution in [2.45, 2.75) is 17.7 Å². The first kappa shape index (κ1) is 14.5. The third-order valence-corrected chi connectivity index (χ3v) is 5.13. The minimum Gasteiger partial charge on any atom is -0.356 e. The molecule has 1 aliphatic heterocycles. The van der Waals surface area contributed by atoms with Gasteiger partial charge in [0.2, 0.25) is 0 Å². The van der Waals surface area contributed by atoms with E-state index in [1.54, 1.807) is 11.8 Å². The summed E-state index contributed by atoms with van der Waals surface area (Å²) in [6, 6.07) is 16.7. The molecule has 0 amide bonds. The zero-order valence-corrected chi connectivity index (χ0v) is 14.0. The molecule has 0 bridgehead atoms. The van der Waals surface area contributed by atoms with Crippen molar-refractivity contribution in [3.63, 3.8) is 0 Å². The maximum atomic E-state index is 4.96. The zero-order chi connectivity index (χ0) is 15.6. The molecule has 0 unspecified atom stereocenters. The Kier molecular flexibility index (Phi) is 3.92. The first-order chi connectivity index (χ1) is 11.4. The minimum atomic E-state index is 0.829. The molecule has 116 valence electrons. The lowest BCUT2D eigenvalue weighted by atomic mass is 10.1. The zero-order valence-electron chi connectivity index (χ0n) is 13.2.